The van der Waals surface area contributed by atoms with Gasteiger partial charge in [0.15, 0.2) is 0 Å². The van der Waals surface area contributed by atoms with Crippen LogP contribution < -0.4 is 0 Å². The molecule has 156 valence electrons. The largest absolute Gasteiger partial charge is 0.381 e. The Labute approximate surface area is 171 Å². The maximum Gasteiger partial charge on any atom is 0.245 e. The van der Waals surface area contributed by atoms with Gasteiger partial charge in [0.1, 0.15) is 4.90 Å². The van der Waals surface area contributed by atoms with E-state index in [1.807, 2.05) is 23.1 Å². The average molecular weight is 418 g/mol. The minimum Gasteiger partial charge on any atom is -0.381 e. The van der Waals surface area contributed by atoms with E-state index in [-0.39, 0.29) is 16.8 Å². The number of fused-ring (bicyclic) bond motifs is 1. The predicted octanol–water partition coefficient (Wildman–Crippen LogP) is 2.42. The Morgan fingerprint density at radius 2 is 1.97 bits per heavy atom. The highest BCUT2D eigenvalue weighted by molar-refractivity contribution is 7.89. The first-order chi connectivity index (χ1) is 14.1. The van der Waals surface area contributed by atoms with Gasteiger partial charge in [0.25, 0.3) is 0 Å². The molecule has 1 aromatic heterocycles. The van der Waals surface area contributed by atoms with E-state index < -0.39 is 10.0 Å². The topological polar surface area (TPSA) is 79.8 Å². The zero-order valence-corrected chi connectivity index (χ0v) is 17.3. The first-order valence-electron chi connectivity index (χ1n) is 10.3. The van der Waals surface area contributed by atoms with Crippen molar-refractivity contribution < 1.29 is 17.9 Å². The molecule has 2 fully saturated rings. The van der Waals surface area contributed by atoms with Gasteiger partial charge >= 0.3 is 0 Å². The average Bonchev–Trinajstić information content (AvgIpc) is 3.16. The predicted molar refractivity (Wildman–Crippen MR) is 110 cm³/mol. The molecular weight excluding hydrogens is 390 g/mol. The number of hydrogen-bond donors (Lipinski definition) is 0. The van der Waals surface area contributed by atoms with Gasteiger partial charge in [-0.1, -0.05) is 18.2 Å². The Morgan fingerprint density at radius 3 is 2.72 bits per heavy atom. The lowest BCUT2D eigenvalue weighted by Crippen LogP contribution is -2.44. The minimum absolute atomic E-state index is 0.0954. The van der Waals surface area contributed by atoms with E-state index in [1.54, 1.807) is 22.6 Å². The SMILES string of the molecule is O=C1CCCN1CCCN(C1CCOCC1)S(=O)(=O)c1cccc2cccnc12. The molecule has 0 unspecified atom stereocenters. The molecule has 2 aliphatic heterocycles. The Hall–Kier alpha value is -2.03. The van der Waals surface area contributed by atoms with E-state index in [2.05, 4.69) is 4.98 Å². The Morgan fingerprint density at radius 1 is 1.17 bits per heavy atom. The molecule has 8 heteroatoms. The molecule has 0 bridgehead atoms. The fourth-order valence-electron chi connectivity index (χ4n) is 4.24. The number of pyridine rings is 1. The van der Waals surface area contributed by atoms with Crippen LogP contribution in [0.2, 0.25) is 0 Å². The van der Waals surface area contributed by atoms with Crippen molar-refractivity contribution in [3.63, 3.8) is 0 Å². The molecular formula is C21H27N3O4S. The number of hydrogen-bond acceptors (Lipinski definition) is 5. The number of nitrogens with zero attached hydrogens (tertiary/aromatic N) is 3. The van der Waals surface area contributed by atoms with Crippen LogP contribution in [0.4, 0.5) is 0 Å². The van der Waals surface area contributed by atoms with Gasteiger partial charge < -0.3 is 9.64 Å². The van der Waals surface area contributed by atoms with E-state index in [4.69, 9.17) is 4.74 Å². The fourth-order valence-corrected chi connectivity index (χ4v) is 6.13. The molecule has 0 radical (unpaired) electrons. The molecule has 0 N–H and O–H groups in total. The Bertz CT molecular complexity index is 968. The van der Waals surface area contributed by atoms with E-state index >= 15 is 0 Å². The summed E-state index contributed by atoms with van der Waals surface area (Å²) in [6.07, 6.45) is 5.10. The number of carbonyl (C=O) groups is 1. The third kappa shape index (κ3) is 4.29. The van der Waals surface area contributed by atoms with Crippen LogP contribution in [-0.2, 0) is 19.6 Å². The smallest absolute Gasteiger partial charge is 0.245 e. The van der Waals surface area contributed by atoms with Gasteiger partial charge in [0.05, 0.1) is 5.52 Å². The number of para-hydroxylation sites is 1. The van der Waals surface area contributed by atoms with Crippen molar-refractivity contribution >= 4 is 26.8 Å². The van der Waals surface area contributed by atoms with Crippen LogP contribution in [0, 0.1) is 0 Å². The number of amides is 1. The summed E-state index contributed by atoms with van der Waals surface area (Å²) in [6.45, 7) is 2.89. The van der Waals surface area contributed by atoms with Crippen LogP contribution >= 0.6 is 0 Å². The third-order valence-corrected chi connectivity index (χ3v) is 7.74. The second-order valence-corrected chi connectivity index (χ2v) is 9.49. The van der Waals surface area contributed by atoms with Crippen molar-refractivity contribution in [1.82, 2.24) is 14.2 Å². The number of sulfonamides is 1. The maximum atomic E-state index is 13.7. The van der Waals surface area contributed by atoms with Crippen molar-refractivity contribution in [3.8, 4) is 0 Å². The molecule has 0 aliphatic carbocycles. The molecule has 4 rings (SSSR count). The summed E-state index contributed by atoms with van der Waals surface area (Å²) >= 11 is 0. The van der Waals surface area contributed by atoms with Crippen LogP contribution in [-0.4, -0.2) is 67.4 Å². The van der Waals surface area contributed by atoms with Gasteiger partial charge in [-0.3, -0.25) is 9.78 Å². The molecule has 7 nitrogen and oxygen atoms in total. The summed E-state index contributed by atoms with van der Waals surface area (Å²) < 4.78 is 34.5. The highest BCUT2D eigenvalue weighted by atomic mass is 32.2. The van der Waals surface area contributed by atoms with Crippen LogP contribution in [0.25, 0.3) is 10.9 Å². The van der Waals surface area contributed by atoms with Gasteiger partial charge in [-0.25, -0.2) is 8.42 Å². The molecule has 3 heterocycles. The third-order valence-electron chi connectivity index (χ3n) is 5.76. The van der Waals surface area contributed by atoms with Crippen LogP contribution in [0.5, 0.6) is 0 Å². The zero-order valence-electron chi connectivity index (χ0n) is 16.5. The summed E-state index contributed by atoms with van der Waals surface area (Å²) in [4.78, 5) is 18.3. The molecule has 0 atom stereocenters. The van der Waals surface area contributed by atoms with Gasteiger partial charge in [0.2, 0.25) is 15.9 Å². The lowest BCUT2D eigenvalue weighted by atomic mass is 10.1. The first-order valence-corrected chi connectivity index (χ1v) is 11.7. The first kappa shape index (κ1) is 20.3. The summed E-state index contributed by atoms with van der Waals surface area (Å²) in [5.74, 6) is 0.170. The van der Waals surface area contributed by atoms with Gasteiger partial charge in [-0.2, -0.15) is 4.31 Å². The second-order valence-electron chi connectivity index (χ2n) is 7.63. The lowest BCUT2D eigenvalue weighted by Gasteiger charge is -2.34. The van der Waals surface area contributed by atoms with Gasteiger partial charge in [0, 0.05) is 56.9 Å². The van der Waals surface area contributed by atoms with E-state index in [0.29, 0.717) is 57.5 Å². The van der Waals surface area contributed by atoms with Crippen molar-refractivity contribution in [1.29, 1.82) is 0 Å². The molecule has 2 saturated heterocycles. The number of ether oxygens (including phenoxy) is 1. The quantitative estimate of drug-likeness (QED) is 0.691. The minimum atomic E-state index is -3.72. The molecule has 2 aliphatic rings. The summed E-state index contributed by atoms with van der Waals surface area (Å²) in [5.41, 5.74) is 0.502. The van der Waals surface area contributed by atoms with E-state index in [1.165, 1.54) is 0 Å². The number of carbonyl (C=O) groups excluding carboxylic acids is 1. The van der Waals surface area contributed by atoms with E-state index in [9.17, 15) is 13.2 Å². The highest BCUT2D eigenvalue weighted by Gasteiger charge is 2.34. The summed E-state index contributed by atoms with van der Waals surface area (Å²) in [7, 11) is -3.72. The van der Waals surface area contributed by atoms with E-state index in [0.717, 1.165) is 18.4 Å². The molecule has 29 heavy (non-hydrogen) atoms. The number of rotatable bonds is 7. The van der Waals surface area contributed by atoms with Crippen molar-refractivity contribution in [2.24, 2.45) is 0 Å². The van der Waals surface area contributed by atoms with Crippen LogP contribution in [0.3, 0.4) is 0 Å². The number of likely N-dealkylation sites (tertiary alicyclic amines) is 1. The fraction of sp³-hybridized carbons (Fsp3) is 0.524. The number of benzene rings is 1. The maximum absolute atomic E-state index is 13.7. The summed E-state index contributed by atoms with van der Waals surface area (Å²) in [6, 6.07) is 8.87. The standard InChI is InChI=1S/C21H27N3O4S/c25-20-8-3-12-23(20)13-4-14-24(18-9-15-28-16-10-18)29(26,27)19-7-1-5-17-6-2-11-22-21(17)19/h1-2,5-7,11,18H,3-4,8-10,12-16H2. The monoisotopic (exact) mass is 417 g/mol. The Balaban J connectivity index is 1.60. The Kier molecular flexibility index (Phi) is 6.12. The summed E-state index contributed by atoms with van der Waals surface area (Å²) in [5, 5.41) is 0.808. The van der Waals surface area contributed by atoms with Crippen molar-refractivity contribution in [2.45, 2.75) is 43.0 Å². The molecule has 2 aromatic rings. The molecule has 0 spiro atoms. The van der Waals surface area contributed by atoms with Crippen molar-refractivity contribution in [2.75, 3.05) is 32.8 Å². The van der Waals surface area contributed by atoms with Crippen LogP contribution in [0.15, 0.2) is 41.4 Å². The molecule has 0 saturated carbocycles. The number of aromatic nitrogens is 1. The highest BCUT2D eigenvalue weighted by Crippen LogP contribution is 2.28. The zero-order chi connectivity index (χ0) is 20.3. The van der Waals surface area contributed by atoms with Crippen molar-refractivity contribution in [3.05, 3.63) is 36.5 Å². The van der Waals surface area contributed by atoms with Gasteiger partial charge in [-0.05, 0) is 37.8 Å². The molecule has 1 aromatic carbocycles. The van der Waals surface area contributed by atoms with Crippen LogP contribution in [0.1, 0.15) is 32.1 Å². The normalized spacial score (nSPS) is 18.8. The second kappa shape index (κ2) is 8.77. The van der Waals surface area contributed by atoms with Gasteiger partial charge in [-0.15, -0.1) is 0 Å². The lowest BCUT2D eigenvalue weighted by molar-refractivity contribution is -0.127. The molecule has 1 amide bonds.